The van der Waals surface area contributed by atoms with E-state index in [1.165, 1.54) is 0 Å². The Morgan fingerprint density at radius 3 is 2.44 bits per heavy atom. The first kappa shape index (κ1) is 20.4. The molecule has 0 aromatic heterocycles. The van der Waals surface area contributed by atoms with Crippen molar-refractivity contribution >= 4 is 11.9 Å². The molecule has 3 rings (SSSR count). The summed E-state index contributed by atoms with van der Waals surface area (Å²) in [6.07, 6.45) is -3.35. The number of urea groups is 1. The zero-order chi connectivity index (χ0) is 19.9. The lowest BCUT2D eigenvalue weighted by Gasteiger charge is -2.55. The van der Waals surface area contributed by atoms with Gasteiger partial charge in [-0.05, 0) is 24.7 Å². The largest absolute Gasteiger partial charge is 0.394 e. The van der Waals surface area contributed by atoms with E-state index in [0.717, 1.165) is 12.8 Å². The fourth-order valence-electron chi connectivity index (χ4n) is 4.52. The minimum Gasteiger partial charge on any atom is -0.394 e. The Morgan fingerprint density at radius 2 is 1.78 bits per heavy atom. The van der Waals surface area contributed by atoms with Crippen molar-refractivity contribution < 1.29 is 30.0 Å². The minimum absolute atomic E-state index is 0.00492. The number of hydrogen-bond acceptors (Lipinski definition) is 8. The van der Waals surface area contributed by atoms with Crippen LogP contribution in [0.2, 0.25) is 0 Å². The molecule has 0 aromatic carbocycles. The van der Waals surface area contributed by atoms with Crippen LogP contribution in [0.25, 0.3) is 0 Å². The fraction of sp³-hybridized carbons (Fsp3) is 0.882. The highest BCUT2D eigenvalue weighted by Crippen LogP contribution is 2.36. The van der Waals surface area contributed by atoms with Gasteiger partial charge in [0.15, 0.2) is 0 Å². The molecule has 1 saturated carbocycles. The molecular formula is C17H30N4O6. The van der Waals surface area contributed by atoms with E-state index >= 15 is 0 Å². The number of aliphatic hydroxyl groups excluding tert-OH is 4. The van der Waals surface area contributed by atoms with Gasteiger partial charge in [0.05, 0.1) is 12.7 Å². The van der Waals surface area contributed by atoms with Gasteiger partial charge in [-0.1, -0.05) is 13.8 Å². The van der Waals surface area contributed by atoms with Gasteiger partial charge in [0.2, 0.25) is 5.91 Å². The predicted octanol–water partition coefficient (Wildman–Crippen LogP) is -2.70. The summed E-state index contributed by atoms with van der Waals surface area (Å²) in [5, 5.41) is 47.4. The first-order chi connectivity index (χ1) is 12.7. The van der Waals surface area contributed by atoms with E-state index < -0.39 is 49.1 Å². The summed E-state index contributed by atoms with van der Waals surface area (Å²) in [5.74, 6) is 0.458. The molecule has 3 fully saturated rings. The highest BCUT2D eigenvalue weighted by molar-refractivity contribution is 6.00. The second-order valence-corrected chi connectivity index (χ2v) is 8.16. The van der Waals surface area contributed by atoms with E-state index in [1.807, 2.05) is 4.90 Å². The van der Waals surface area contributed by atoms with Crippen LogP contribution in [0.1, 0.15) is 26.7 Å². The number of piperazine rings is 1. The van der Waals surface area contributed by atoms with Gasteiger partial charge < -0.3 is 25.7 Å². The Bertz CT molecular complexity index is 578. The molecule has 2 saturated heterocycles. The van der Waals surface area contributed by atoms with Crippen molar-refractivity contribution in [3.8, 4) is 0 Å². The Balaban J connectivity index is 1.85. The normalized spacial score (nSPS) is 40.2. The lowest BCUT2D eigenvalue weighted by Crippen LogP contribution is -2.79. The summed E-state index contributed by atoms with van der Waals surface area (Å²) in [4.78, 5) is 26.0. The maximum absolute atomic E-state index is 12.3. The number of amides is 3. The number of β-amino-alcohol motifs (C(OH)–C–C–N with tert-alkyl or cyclic N) is 1. The maximum Gasteiger partial charge on any atom is 0.322 e. The van der Waals surface area contributed by atoms with Gasteiger partial charge in [-0.3, -0.25) is 20.3 Å². The monoisotopic (exact) mass is 386 g/mol. The quantitative estimate of drug-likeness (QED) is 0.269. The van der Waals surface area contributed by atoms with Crippen LogP contribution in [0, 0.1) is 11.8 Å². The van der Waals surface area contributed by atoms with Crippen LogP contribution in [-0.2, 0) is 4.79 Å². The van der Waals surface area contributed by atoms with Crippen LogP contribution in [-0.4, -0.2) is 93.0 Å². The number of aliphatic hydroxyl groups is 4. The maximum atomic E-state index is 12.3. The molecule has 1 aliphatic carbocycles. The van der Waals surface area contributed by atoms with Crippen molar-refractivity contribution in [2.45, 2.75) is 69.3 Å². The number of hydrogen-bond donors (Lipinski definition) is 7. The number of rotatable bonds is 5. The number of carbonyl (C=O) groups is 2. The molecule has 2 aliphatic heterocycles. The van der Waals surface area contributed by atoms with Gasteiger partial charge in [-0.2, -0.15) is 0 Å². The molecule has 10 heteroatoms. The molecule has 27 heavy (non-hydrogen) atoms. The number of imide groups is 1. The SMILES string of the molecule is CC1CC2NC3C(=O)NC(=O)NC3N(CC(O)C(O)C(O)CO)C2CC1C. The standard InChI is InChI=1S/C17H30N4O6/c1-7-3-9-10(4-8(7)2)21(5-11(23)14(25)12(24)6-22)15-13(18-9)16(26)20-17(27)19-15/h7-15,18,22-25H,3-6H2,1-2H3,(H2,19,20,26,27). The van der Waals surface area contributed by atoms with E-state index in [-0.39, 0.29) is 18.6 Å². The van der Waals surface area contributed by atoms with Gasteiger partial charge in [0, 0.05) is 18.6 Å². The smallest absolute Gasteiger partial charge is 0.322 e. The van der Waals surface area contributed by atoms with Gasteiger partial charge in [-0.25, -0.2) is 4.79 Å². The van der Waals surface area contributed by atoms with E-state index in [1.54, 1.807) is 0 Å². The molecule has 3 amide bonds. The van der Waals surface area contributed by atoms with Crippen LogP contribution in [0.3, 0.4) is 0 Å². The molecule has 2 heterocycles. The van der Waals surface area contributed by atoms with Crippen molar-refractivity contribution in [1.29, 1.82) is 0 Å². The summed E-state index contributed by atoms with van der Waals surface area (Å²) in [7, 11) is 0. The summed E-state index contributed by atoms with van der Waals surface area (Å²) in [5.41, 5.74) is 0. The first-order valence-electron chi connectivity index (χ1n) is 9.51. The van der Waals surface area contributed by atoms with E-state index in [4.69, 9.17) is 5.11 Å². The average molecular weight is 386 g/mol. The van der Waals surface area contributed by atoms with Crippen LogP contribution >= 0.6 is 0 Å². The summed E-state index contributed by atoms with van der Waals surface area (Å²) in [6, 6.07) is -1.31. The number of fused-ring (bicyclic) bond motifs is 2. The number of carbonyl (C=O) groups excluding carboxylic acids is 2. The average Bonchev–Trinajstić information content (AvgIpc) is 2.62. The van der Waals surface area contributed by atoms with Crippen molar-refractivity contribution in [2.75, 3.05) is 13.2 Å². The summed E-state index contributed by atoms with van der Waals surface area (Å²) >= 11 is 0. The van der Waals surface area contributed by atoms with Crippen LogP contribution in [0.15, 0.2) is 0 Å². The second kappa shape index (κ2) is 7.98. The molecule has 3 aliphatic rings. The summed E-state index contributed by atoms with van der Waals surface area (Å²) in [6.45, 7) is 3.60. The Morgan fingerprint density at radius 1 is 1.11 bits per heavy atom. The van der Waals surface area contributed by atoms with E-state index in [0.29, 0.717) is 11.8 Å². The highest BCUT2D eigenvalue weighted by Gasteiger charge is 2.51. The summed E-state index contributed by atoms with van der Waals surface area (Å²) < 4.78 is 0. The molecule has 9 atom stereocenters. The molecule has 0 aromatic rings. The first-order valence-corrected chi connectivity index (χ1v) is 9.51. The molecular weight excluding hydrogens is 356 g/mol. The van der Waals surface area contributed by atoms with Gasteiger partial charge in [-0.15, -0.1) is 0 Å². The van der Waals surface area contributed by atoms with Crippen LogP contribution < -0.4 is 16.0 Å². The highest BCUT2D eigenvalue weighted by atomic mass is 16.4. The topological polar surface area (TPSA) is 154 Å². The van der Waals surface area contributed by atoms with Gasteiger partial charge in [0.25, 0.3) is 0 Å². The molecule has 0 bridgehead atoms. The molecule has 7 N–H and O–H groups in total. The minimum atomic E-state index is -1.53. The van der Waals surface area contributed by atoms with E-state index in [9.17, 15) is 24.9 Å². The number of nitrogens with zero attached hydrogens (tertiary/aromatic N) is 1. The van der Waals surface area contributed by atoms with E-state index in [2.05, 4.69) is 29.8 Å². The molecule has 10 nitrogen and oxygen atoms in total. The molecule has 154 valence electrons. The van der Waals surface area contributed by atoms with Crippen LogP contribution in [0.5, 0.6) is 0 Å². The van der Waals surface area contributed by atoms with Gasteiger partial charge in [0.1, 0.15) is 24.4 Å². The Labute approximate surface area is 157 Å². The fourth-order valence-corrected chi connectivity index (χ4v) is 4.52. The van der Waals surface area contributed by atoms with Crippen molar-refractivity contribution in [3.05, 3.63) is 0 Å². The second-order valence-electron chi connectivity index (χ2n) is 8.16. The van der Waals surface area contributed by atoms with Crippen molar-refractivity contribution in [2.24, 2.45) is 11.8 Å². The molecule has 9 unspecified atom stereocenters. The molecule has 0 spiro atoms. The zero-order valence-electron chi connectivity index (χ0n) is 15.6. The third kappa shape index (κ3) is 3.96. The number of nitrogens with one attached hydrogen (secondary N) is 3. The lowest BCUT2D eigenvalue weighted by atomic mass is 9.73. The predicted molar refractivity (Wildman–Crippen MR) is 94.3 cm³/mol. The van der Waals surface area contributed by atoms with Gasteiger partial charge >= 0.3 is 6.03 Å². The third-order valence-corrected chi connectivity index (χ3v) is 6.34. The van der Waals surface area contributed by atoms with Crippen LogP contribution in [0.4, 0.5) is 4.79 Å². The zero-order valence-corrected chi connectivity index (χ0v) is 15.6. The van der Waals surface area contributed by atoms with Crippen molar-refractivity contribution in [1.82, 2.24) is 20.9 Å². The lowest BCUT2D eigenvalue weighted by molar-refractivity contribution is -0.135. The third-order valence-electron chi connectivity index (χ3n) is 6.34. The van der Waals surface area contributed by atoms with Crippen molar-refractivity contribution in [3.63, 3.8) is 0 Å². The molecule has 0 radical (unpaired) electrons. The Kier molecular flexibility index (Phi) is 6.04. The Hall–Kier alpha value is -1.30.